The monoisotopic (exact) mass is 354 g/mol. The lowest BCUT2D eigenvalue weighted by molar-refractivity contribution is 0.0343. The lowest BCUT2D eigenvalue weighted by atomic mass is 10.0. The second-order valence-corrected chi connectivity index (χ2v) is 6.94. The maximum Gasteiger partial charge on any atom is 0.0723 e. The van der Waals surface area contributed by atoms with E-state index in [2.05, 4.69) is 72.0 Å². The van der Waals surface area contributed by atoms with Crippen LogP contribution in [0.25, 0.3) is 0 Å². The van der Waals surface area contributed by atoms with Gasteiger partial charge in [0.05, 0.1) is 12.7 Å². The van der Waals surface area contributed by atoms with Gasteiger partial charge in [-0.15, -0.1) is 0 Å². The van der Waals surface area contributed by atoms with Gasteiger partial charge < -0.3 is 15.0 Å². The van der Waals surface area contributed by atoms with Crippen LogP contribution in [0.2, 0.25) is 0 Å². The molecular weight excluding hydrogens is 328 g/mol. The predicted octanol–water partition coefficient (Wildman–Crippen LogP) is 4.12. The van der Waals surface area contributed by atoms with Crippen LogP contribution in [0.1, 0.15) is 45.7 Å². The third-order valence-electron chi connectivity index (χ3n) is 4.08. The third-order valence-corrected chi connectivity index (χ3v) is 4.57. The minimum atomic E-state index is 0.284. The summed E-state index contributed by atoms with van der Waals surface area (Å²) in [6, 6.07) is 7.39. The molecule has 1 aliphatic heterocycles. The number of benzene rings is 1. The lowest BCUT2D eigenvalue weighted by Crippen LogP contribution is -2.48. The second-order valence-electron chi connectivity index (χ2n) is 6.02. The number of morpholine rings is 1. The molecule has 1 heterocycles. The van der Waals surface area contributed by atoms with Crippen molar-refractivity contribution in [2.24, 2.45) is 0 Å². The number of rotatable bonds is 5. The van der Waals surface area contributed by atoms with E-state index in [0.717, 1.165) is 30.6 Å². The van der Waals surface area contributed by atoms with E-state index in [1.54, 1.807) is 0 Å². The van der Waals surface area contributed by atoms with Crippen LogP contribution in [-0.4, -0.2) is 31.8 Å². The molecule has 0 bridgehead atoms. The number of hydrogen-bond acceptors (Lipinski definition) is 3. The fraction of sp³-hybridized carbons (Fsp3) is 0.647. The van der Waals surface area contributed by atoms with Gasteiger partial charge in [-0.2, -0.15) is 0 Å². The van der Waals surface area contributed by atoms with Crippen molar-refractivity contribution < 1.29 is 4.74 Å². The summed E-state index contributed by atoms with van der Waals surface area (Å²) < 4.78 is 6.90. The number of hydrogen-bond donors (Lipinski definition) is 1. The van der Waals surface area contributed by atoms with Crippen molar-refractivity contribution in [2.45, 2.75) is 52.3 Å². The molecule has 0 aliphatic carbocycles. The smallest absolute Gasteiger partial charge is 0.0723 e. The van der Waals surface area contributed by atoms with Crippen molar-refractivity contribution in [1.29, 1.82) is 0 Å². The van der Waals surface area contributed by atoms with E-state index < -0.39 is 0 Å². The minimum Gasteiger partial charge on any atom is -0.375 e. The molecule has 0 amide bonds. The second kappa shape index (κ2) is 7.61. The molecule has 3 atom stereocenters. The normalized spacial score (nSPS) is 24.1. The number of nitrogens with one attached hydrogen (secondary N) is 1. The maximum atomic E-state index is 5.77. The molecule has 4 heteroatoms. The quantitative estimate of drug-likeness (QED) is 0.860. The molecule has 118 valence electrons. The molecule has 0 spiro atoms. The first-order chi connectivity index (χ1) is 10.0. The van der Waals surface area contributed by atoms with Gasteiger partial charge in [-0.3, -0.25) is 0 Å². The van der Waals surface area contributed by atoms with Crippen molar-refractivity contribution in [1.82, 2.24) is 5.32 Å². The number of ether oxygens (including phenoxy) is 1. The van der Waals surface area contributed by atoms with Crippen LogP contribution >= 0.6 is 15.9 Å². The fourth-order valence-corrected chi connectivity index (χ4v) is 3.19. The van der Waals surface area contributed by atoms with E-state index in [9.17, 15) is 0 Å². The average Bonchev–Trinajstić information content (AvgIpc) is 2.47. The minimum absolute atomic E-state index is 0.284. The van der Waals surface area contributed by atoms with Gasteiger partial charge in [0.1, 0.15) is 0 Å². The Morgan fingerprint density at radius 3 is 2.90 bits per heavy atom. The van der Waals surface area contributed by atoms with Crippen LogP contribution in [0, 0.1) is 0 Å². The molecule has 3 unspecified atom stereocenters. The van der Waals surface area contributed by atoms with E-state index >= 15 is 0 Å². The zero-order valence-electron chi connectivity index (χ0n) is 13.5. The van der Waals surface area contributed by atoms with Crippen LogP contribution in [0.15, 0.2) is 22.7 Å². The molecule has 2 rings (SSSR count). The highest BCUT2D eigenvalue weighted by Gasteiger charge is 2.26. The fourth-order valence-electron chi connectivity index (χ4n) is 2.84. The highest BCUT2D eigenvalue weighted by atomic mass is 79.9. The summed E-state index contributed by atoms with van der Waals surface area (Å²) >= 11 is 3.62. The molecule has 1 aliphatic rings. The Kier molecular flexibility index (Phi) is 6.08. The number of nitrogens with zero attached hydrogens (tertiary/aromatic N) is 1. The Morgan fingerprint density at radius 2 is 2.19 bits per heavy atom. The standard InChI is InChI=1S/C17H27BrN2O/c1-5-8-19-14(4)16-7-6-15(18)9-17(16)20-10-13(3)21-11-12(20)2/h6-7,9,12-14,19H,5,8,10-11H2,1-4H3. The first-order valence-corrected chi connectivity index (χ1v) is 8.73. The molecule has 21 heavy (non-hydrogen) atoms. The van der Waals surface area contributed by atoms with Crippen molar-refractivity contribution in [3.05, 3.63) is 28.2 Å². The summed E-state index contributed by atoms with van der Waals surface area (Å²) in [4.78, 5) is 2.48. The van der Waals surface area contributed by atoms with E-state index in [-0.39, 0.29) is 6.10 Å². The van der Waals surface area contributed by atoms with Gasteiger partial charge in [0, 0.05) is 28.8 Å². The van der Waals surface area contributed by atoms with Gasteiger partial charge in [0.2, 0.25) is 0 Å². The van der Waals surface area contributed by atoms with E-state index in [1.165, 1.54) is 11.3 Å². The van der Waals surface area contributed by atoms with Gasteiger partial charge in [-0.1, -0.05) is 28.9 Å². The van der Waals surface area contributed by atoms with E-state index in [1.807, 2.05) is 0 Å². The molecule has 1 saturated heterocycles. The van der Waals surface area contributed by atoms with Crippen LogP contribution in [0.5, 0.6) is 0 Å². The first kappa shape index (κ1) is 16.8. The zero-order chi connectivity index (χ0) is 15.4. The summed E-state index contributed by atoms with van der Waals surface area (Å²) in [5.74, 6) is 0. The molecule has 0 aromatic heterocycles. The molecular formula is C17H27BrN2O. The zero-order valence-corrected chi connectivity index (χ0v) is 15.1. The Hall–Kier alpha value is -0.580. The average molecular weight is 355 g/mol. The molecule has 1 aromatic carbocycles. The molecule has 0 radical (unpaired) electrons. The molecule has 0 saturated carbocycles. The summed E-state index contributed by atoms with van der Waals surface area (Å²) in [6.45, 7) is 11.6. The van der Waals surface area contributed by atoms with Crippen LogP contribution < -0.4 is 10.2 Å². The van der Waals surface area contributed by atoms with Gasteiger partial charge in [0.15, 0.2) is 0 Å². The van der Waals surface area contributed by atoms with Crippen molar-refractivity contribution in [3.8, 4) is 0 Å². The van der Waals surface area contributed by atoms with E-state index in [0.29, 0.717) is 12.1 Å². The van der Waals surface area contributed by atoms with Crippen LogP contribution in [0.4, 0.5) is 5.69 Å². The molecule has 1 N–H and O–H groups in total. The highest BCUT2D eigenvalue weighted by Crippen LogP contribution is 2.32. The van der Waals surface area contributed by atoms with Gasteiger partial charge in [0.25, 0.3) is 0 Å². The van der Waals surface area contributed by atoms with Gasteiger partial charge in [-0.25, -0.2) is 0 Å². The lowest BCUT2D eigenvalue weighted by Gasteiger charge is -2.40. The third kappa shape index (κ3) is 4.21. The van der Waals surface area contributed by atoms with E-state index in [4.69, 9.17) is 4.74 Å². The molecule has 1 fully saturated rings. The topological polar surface area (TPSA) is 24.5 Å². The van der Waals surface area contributed by atoms with Gasteiger partial charge >= 0.3 is 0 Å². The van der Waals surface area contributed by atoms with Crippen molar-refractivity contribution >= 4 is 21.6 Å². The largest absolute Gasteiger partial charge is 0.375 e. The van der Waals surface area contributed by atoms with Crippen molar-refractivity contribution in [2.75, 3.05) is 24.6 Å². The maximum absolute atomic E-state index is 5.77. The Labute approximate surface area is 137 Å². The SMILES string of the molecule is CCCNC(C)c1ccc(Br)cc1N1CC(C)OCC1C. The van der Waals surface area contributed by atoms with Crippen LogP contribution in [0.3, 0.4) is 0 Å². The number of anilines is 1. The molecule has 3 nitrogen and oxygen atoms in total. The Bertz CT molecular complexity index is 466. The van der Waals surface area contributed by atoms with Crippen molar-refractivity contribution in [3.63, 3.8) is 0 Å². The Balaban J connectivity index is 2.29. The molecule has 1 aromatic rings. The highest BCUT2D eigenvalue weighted by molar-refractivity contribution is 9.10. The first-order valence-electron chi connectivity index (χ1n) is 7.94. The van der Waals surface area contributed by atoms with Crippen LogP contribution in [-0.2, 0) is 4.74 Å². The predicted molar refractivity (Wildman–Crippen MR) is 93.1 cm³/mol. The summed E-state index contributed by atoms with van der Waals surface area (Å²) in [5, 5.41) is 3.60. The Morgan fingerprint density at radius 1 is 1.43 bits per heavy atom. The van der Waals surface area contributed by atoms with Gasteiger partial charge in [-0.05, 0) is 51.4 Å². The summed E-state index contributed by atoms with van der Waals surface area (Å²) in [5.41, 5.74) is 2.69. The summed E-state index contributed by atoms with van der Waals surface area (Å²) in [6.07, 6.45) is 1.44. The number of halogens is 1. The summed E-state index contributed by atoms with van der Waals surface area (Å²) in [7, 11) is 0.